The van der Waals surface area contributed by atoms with E-state index in [0.29, 0.717) is 23.9 Å². The number of hydrogen-bond donors (Lipinski definition) is 1. The van der Waals surface area contributed by atoms with E-state index in [1.54, 1.807) is 21.1 Å². The fraction of sp³-hybridized carbons (Fsp3) is 0.700. The maximum atomic E-state index is 10.6. The number of aliphatic carboxylic acids is 1. The largest absolute Gasteiger partial charge is 0.544 e. The van der Waals surface area contributed by atoms with Crippen molar-refractivity contribution in [2.45, 2.75) is 12.8 Å². The van der Waals surface area contributed by atoms with E-state index in [2.05, 4.69) is 0 Å². The number of likely N-dealkylation sites (N-methyl/N-ethyl adjacent to an activating group) is 1. The molecule has 0 aromatic carbocycles. The van der Waals surface area contributed by atoms with E-state index in [0.717, 1.165) is 4.90 Å². The summed E-state index contributed by atoms with van der Waals surface area (Å²) in [7, 11) is 5.40. The van der Waals surface area contributed by atoms with Crippen LogP contribution >= 0.6 is 0 Å². The van der Waals surface area contributed by atoms with Crippen molar-refractivity contribution in [3.63, 3.8) is 0 Å². The number of carboxylic acids is 1. The molecule has 7 heteroatoms. The molecule has 0 aromatic heterocycles. The highest BCUT2D eigenvalue weighted by molar-refractivity contribution is 5.92. The van der Waals surface area contributed by atoms with Crippen molar-refractivity contribution in [3.8, 4) is 0 Å². The highest BCUT2D eigenvalue weighted by atomic mass is 16.4. The Hall–Kier alpha value is -1.63. The van der Waals surface area contributed by atoms with Gasteiger partial charge in [0.2, 0.25) is 5.91 Å². The summed E-state index contributed by atoms with van der Waals surface area (Å²) in [4.78, 5) is 31.4. The van der Waals surface area contributed by atoms with Gasteiger partial charge in [0.15, 0.2) is 0 Å². The molecular weight excluding hydrogens is 228 g/mol. The lowest BCUT2D eigenvalue weighted by molar-refractivity contribution is -0.864. The molecule has 0 atom stereocenters. The third-order valence-electron chi connectivity index (χ3n) is 1.91. The van der Waals surface area contributed by atoms with Crippen molar-refractivity contribution in [3.05, 3.63) is 0 Å². The van der Waals surface area contributed by atoms with Crippen LogP contribution in [0.2, 0.25) is 0 Å². The lowest BCUT2D eigenvalue weighted by Crippen LogP contribution is -2.45. The third-order valence-corrected chi connectivity index (χ3v) is 1.91. The molecule has 0 unspecified atom stereocenters. The molecule has 1 aliphatic rings. The van der Waals surface area contributed by atoms with Crippen LogP contribution in [0.15, 0.2) is 0 Å². The second-order valence-electron chi connectivity index (χ2n) is 4.75. The normalized spacial score (nSPS) is 15.2. The summed E-state index contributed by atoms with van der Waals surface area (Å²) < 4.78 is 0.419. The average Bonchev–Trinajstić information content (AvgIpc) is 2.47. The van der Waals surface area contributed by atoms with Crippen LogP contribution in [-0.2, 0) is 9.59 Å². The quantitative estimate of drug-likeness (QED) is 0.612. The molecule has 1 heterocycles. The molecular formula is C10H18N2O5. The SMILES string of the molecule is C[N+](C)(C)CC(=O)[O-].O=C(O)N1CCCC1=O. The van der Waals surface area contributed by atoms with E-state index >= 15 is 0 Å². The number of imide groups is 1. The van der Waals surface area contributed by atoms with E-state index in [1.807, 2.05) is 0 Å². The van der Waals surface area contributed by atoms with E-state index in [9.17, 15) is 19.5 Å². The van der Waals surface area contributed by atoms with Gasteiger partial charge in [0.05, 0.1) is 27.1 Å². The number of carbonyl (C=O) groups is 3. The minimum Gasteiger partial charge on any atom is -0.544 e. The molecule has 7 nitrogen and oxygen atoms in total. The number of quaternary nitrogens is 1. The molecule has 1 saturated heterocycles. The van der Waals surface area contributed by atoms with E-state index in [1.165, 1.54) is 0 Å². The second kappa shape index (κ2) is 6.19. The van der Waals surface area contributed by atoms with Crippen LogP contribution in [0.25, 0.3) is 0 Å². The van der Waals surface area contributed by atoms with Gasteiger partial charge in [-0.3, -0.25) is 4.79 Å². The maximum Gasteiger partial charge on any atom is 0.414 e. The Balaban J connectivity index is 0.000000304. The molecule has 2 amide bonds. The molecule has 0 radical (unpaired) electrons. The molecule has 1 rings (SSSR count). The fourth-order valence-electron chi connectivity index (χ4n) is 1.24. The Labute approximate surface area is 99.8 Å². The lowest BCUT2D eigenvalue weighted by atomic mass is 10.4. The first-order chi connectivity index (χ1) is 7.63. The highest BCUT2D eigenvalue weighted by Crippen LogP contribution is 2.08. The second-order valence-corrected chi connectivity index (χ2v) is 4.75. The minimum absolute atomic E-state index is 0.0694. The van der Waals surface area contributed by atoms with Crippen LogP contribution in [0, 0.1) is 0 Å². The lowest BCUT2D eigenvalue weighted by Gasteiger charge is -2.23. The van der Waals surface area contributed by atoms with Crippen molar-refractivity contribution < 1.29 is 29.1 Å². The maximum absolute atomic E-state index is 10.6. The first-order valence-electron chi connectivity index (χ1n) is 5.17. The summed E-state index contributed by atoms with van der Waals surface area (Å²) >= 11 is 0. The molecule has 0 aromatic rings. The van der Waals surface area contributed by atoms with Crippen molar-refractivity contribution in [1.29, 1.82) is 0 Å². The Bertz CT molecular complexity index is 308. The summed E-state index contributed by atoms with van der Waals surface area (Å²) in [6.07, 6.45) is -0.0743. The molecule has 17 heavy (non-hydrogen) atoms. The van der Waals surface area contributed by atoms with Crippen LogP contribution in [0.1, 0.15) is 12.8 Å². The molecule has 1 fully saturated rings. The number of rotatable bonds is 2. The van der Waals surface area contributed by atoms with Crippen LogP contribution in [0.3, 0.4) is 0 Å². The Morgan fingerprint density at radius 1 is 1.41 bits per heavy atom. The highest BCUT2D eigenvalue weighted by Gasteiger charge is 2.25. The fourth-order valence-corrected chi connectivity index (χ4v) is 1.24. The standard InChI is InChI=1S/C5H7NO3.C5H11NO2/c7-4-2-1-3-6(4)5(8)9;1-6(2,3)4-5(7)8/h1-3H2,(H,8,9);4H2,1-3H3. The number of carboxylic acid groups (broad SMARTS) is 2. The van der Waals surface area contributed by atoms with Gasteiger partial charge in [-0.05, 0) is 6.42 Å². The van der Waals surface area contributed by atoms with Gasteiger partial charge in [-0.2, -0.15) is 0 Å². The molecule has 0 bridgehead atoms. The number of nitrogens with zero attached hydrogens (tertiary/aromatic N) is 2. The summed E-state index contributed by atoms with van der Waals surface area (Å²) in [6.45, 7) is 0.439. The molecule has 98 valence electrons. The Morgan fingerprint density at radius 3 is 2.06 bits per heavy atom. The van der Waals surface area contributed by atoms with Crippen molar-refractivity contribution in [2.75, 3.05) is 34.2 Å². The minimum atomic E-state index is -1.13. The molecule has 0 aliphatic carbocycles. The van der Waals surface area contributed by atoms with E-state index in [-0.39, 0.29) is 12.5 Å². The zero-order valence-corrected chi connectivity index (χ0v) is 10.3. The number of hydrogen-bond acceptors (Lipinski definition) is 4. The van der Waals surface area contributed by atoms with Crippen LogP contribution in [0.5, 0.6) is 0 Å². The van der Waals surface area contributed by atoms with Gasteiger partial charge in [0, 0.05) is 13.0 Å². The molecule has 1 N–H and O–H groups in total. The summed E-state index contributed by atoms with van der Waals surface area (Å²) in [6, 6.07) is 0. The topological polar surface area (TPSA) is 97.7 Å². The molecule has 1 aliphatic heterocycles. The van der Waals surface area contributed by atoms with E-state index < -0.39 is 12.1 Å². The number of likely N-dealkylation sites (tertiary alicyclic amines) is 1. The van der Waals surface area contributed by atoms with Gasteiger partial charge in [-0.25, -0.2) is 9.69 Å². The molecule has 0 spiro atoms. The van der Waals surface area contributed by atoms with Gasteiger partial charge in [-0.15, -0.1) is 0 Å². The first kappa shape index (κ1) is 15.4. The summed E-state index contributed by atoms with van der Waals surface area (Å²) in [5.41, 5.74) is 0. The molecule has 0 saturated carbocycles. The Morgan fingerprint density at radius 2 is 1.94 bits per heavy atom. The van der Waals surface area contributed by atoms with Crippen LogP contribution in [0.4, 0.5) is 4.79 Å². The van der Waals surface area contributed by atoms with Crippen LogP contribution < -0.4 is 5.11 Å². The monoisotopic (exact) mass is 246 g/mol. The predicted molar refractivity (Wildman–Crippen MR) is 56.9 cm³/mol. The van der Waals surface area contributed by atoms with Gasteiger partial charge in [0.25, 0.3) is 0 Å². The average molecular weight is 246 g/mol. The first-order valence-corrected chi connectivity index (χ1v) is 5.17. The van der Waals surface area contributed by atoms with Crippen molar-refractivity contribution in [2.24, 2.45) is 0 Å². The zero-order valence-electron chi connectivity index (χ0n) is 10.3. The van der Waals surface area contributed by atoms with Gasteiger partial charge in [-0.1, -0.05) is 0 Å². The van der Waals surface area contributed by atoms with Gasteiger partial charge >= 0.3 is 6.09 Å². The van der Waals surface area contributed by atoms with Crippen molar-refractivity contribution in [1.82, 2.24) is 4.90 Å². The van der Waals surface area contributed by atoms with Crippen molar-refractivity contribution >= 4 is 18.0 Å². The summed E-state index contributed by atoms with van der Waals surface area (Å²) in [5.74, 6) is -1.28. The number of amides is 2. The number of carbonyl (C=O) groups excluding carboxylic acids is 2. The zero-order chi connectivity index (χ0) is 13.6. The summed E-state index contributed by atoms with van der Waals surface area (Å²) in [5, 5.41) is 18.2. The predicted octanol–water partition coefficient (Wildman–Crippen LogP) is -1.27. The third kappa shape index (κ3) is 7.29. The van der Waals surface area contributed by atoms with Gasteiger partial charge in [0.1, 0.15) is 6.54 Å². The van der Waals surface area contributed by atoms with Gasteiger partial charge < -0.3 is 19.5 Å². The van der Waals surface area contributed by atoms with E-state index in [4.69, 9.17) is 5.11 Å². The van der Waals surface area contributed by atoms with Crippen LogP contribution in [-0.4, -0.2) is 66.7 Å². The Kier molecular flexibility index (Phi) is 5.60. The smallest absolute Gasteiger partial charge is 0.414 e.